The molecule has 1 amide bonds. The van der Waals surface area contributed by atoms with Gasteiger partial charge < -0.3 is 15.8 Å². The first-order valence-electron chi connectivity index (χ1n) is 5.90. The smallest absolute Gasteiger partial charge is 0.310 e. The van der Waals surface area contributed by atoms with Gasteiger partial charge in [0.15, 0.2) is 5.75 Å². The number of hydrogen-bond donors (Lipinski definition) is 2. The SMILES string of the molecule is C[C@@H](CN)NC(=O)CCOc1ccccc1[N+](=O)[O-]. The fourth-order valence-corrected chi connectivity index (χ4v) is 1.39. The number of para-hydroxylation sites is 2. The van der Waals surface area contributed by atoms with Gasteiger partial charge in [0.25, 0.3) is 0 Å². The van der Waals surface area contributed by atoms with E-state index in [0.717, 1.165) is 0 Å². The summed E-state index contributed by atoms with van der Waals surface area (Å²) < 4.78 is 5.25. The number of nitro benzene ring substituents is 1. The van der Waals surface area contributed by atoms with Crippen molar-refractivity contribution in [3.05, 3.63) is 34.4 Å². The molecule has 1 atom stereocenters. The van der Waals surface area contributed by atoms with E-state index in [1.54, 1.807) is 19.1 Å². The highest BCUT2D eigenvalue weighted by Gasteiger charge is 2.14. The molecule has 0 unspecified atom stereocenters. The van der Waals surface area contributed by atoms with Gasteiger partial charge in [0.1, 0.15) is 0 Å². The van der Waals surface area contributed by atoms with Crippen LogP contribution in [0.15, 0.2) is 24.3 Å². The number of ether oxygens (including phenoxy) is 1. The van der Waals surface area contributed by atoms with Crippen molar-refractivity contribution in [2.75, 3.05) is 13.2 Å². The van der Waals surface area contributed by atoms with Crippen molar-refractivity contribution < 1.29 is 14.5 Å². The minimum absolute atomic E-state index is 0.0774. The number of nitrogens with one attached hydrogen (secondary N) is 1. The molecule has 0 radical (unpaired) electrons. The van der Waals surface area contributed by atoms with Gasteiger partial charge in [-0.05, 0) is 13.0 Å². The molecule has 1 rings (SSSR count). The lowest BCUT2D eigenvalue weighted by Gasteiger charge is -2.11. The van der Waals surface area contributed by atoms with Crippen LogP contribution in [0.5, 0.6) is 5.75 Å². The molecule has 0 aliphatic carbocycles. The molecule has 0 heterocycles. The van der Waals surface area contributed by atoms with Gasteiger partial charge in [-0.2, -0.15) is 0 Å². The van der Waals surface area contributed by atoms with E-state index in [0.29, 0.717) is 6.54 Å². The maximum atomic E-state index is 11.4. The summed E-state index contributed by atoms with van der Waals surface area (Å²) in [7, 11) is 0. The van der Waals surface area contributed by atoms with E-state index >= 15 is 0 Å². The molecular formula is C12H17N3O4. The molecule has 7 heteroatoms. The van der Waals surface area contributed by atoms with E-state index in [2.05, 4.69) is 5.32 Å². The van der Waals surface area contributed by atoms with Gasteiger partial charge in [0.05, 0.1) is 18.0 Å². The number of carbonyl (C=O) groups excluding carboxylic acids is 1. The number of rotatable bonds is 7. The molecule has 3 N–H and O–H groups in total. The average molecular weight is 267 g/mol. The van der Waals surface area contributed by atoms with Crippen LogP contribution in [-0.4, -0.2) is 30.0 Å². The van der Waals surface area contributed by atoms with E-state index in [-0.39, 0.29) is 36.4 Å². The van der Waals surface area contributed by atoms with Gasteiger partial charge in [-0.3, -0.25) is 14.9 Å². The molecule has 1 aromatic rings. The summed E-state index contributed by atoms with van der Waals surface area (Å²) in [6.45, 7) is 2.23. The molecule has 0 saturated carbocycles. The zero-order valence-electron chi connectivity index (χ0n) is 10.7. The van der Waals surface area contributed by atoms with Crippen LogP contribution in [0.4, 0.5) is 5.69 Å². The van der Waals surface area contributed by atoms with Crippen LogP contribution in [-0.2, 0) is 4.79 Å². The lowest BCUT2D eigenvalue weighted by Crippen LogP contribution is -2.38. The van der Waals surface area contributed by atoms with Crippen LogP contribution in [0.25, 0.3) is 0 Å². The lowest BCUT2D eigenvalue weighted by atomic mass is 10.3. The standard InChI is InChI=1S/C12H17N3O4/c1-9(8-13)14-12(16)6-7-19-11-5-3-2-4-10(11)15(17)18/h2-5,9H,6-8,13H2,1H3,(H,14,16)/t9-/m0/s1. The van der Waals surface area contributed by atoms with Crippen molar-refractivity contribution in [3.8, 4) is 5.75 Å². The van der Waals surface area contributed by atoms with Crippen molar-refractivity contribution in [3.63, 3.8) is 0 Å². The average Bonchev–Trinajstić information content (AvgIpc) is 2.38. The van der Waals surface area contributed by atoms with Crippen molar-refractivity contribution in [1.82, 2.24) is 5.32 Å². The van der Waals surface area contributed by atoms with Crippen LogP contribution in [0.3, 0.4) is 0 Å². The molecule has 0 aliphatic heterocycles. The highest BCUT2D eigenvalue weighted by Crippen LogP contribution is 2.25. The van der Waals surface area contributed by atoms with Gasteiger partial charge in [0.2, 0.25) is 5.91 Å². The summed E-state index contributed by atoms with van der Waals surface area (Å²) in [4.78, 5) is 21.7. The van der Waals surface area contributed by atoms with Gasteiger partial charge in [-0.25, -0.2) is 0 Å². The Morgan fingerprint density at radius 3 is 2.84 bits per heavy atom. The third kappa shape index (κ3) is 4.92. The fraction of sp³-hybridized carbons (Fsp3) is 0.417. The molecule has 104 valence electrons. The summed E-state index contributed by atoms with van der Waals surface area (Å²) in [5.41, 5.74) is 5.26. The Bertz CT molecular complexity index is 450. The first-order valence-corrected chi connectivity index (χ1v) is 5.90. The van der Waals surface area contributed by atoms with E-state index < -0.39 is 4.92 Å². The lowest BCUT2D eigenvalue weighted by molar-refractivity contribution is -0.385. The van der Waals surface area contributed by atoms with E-state index in [4.69, 9.17) is 10.5 Å². The summed E-state index contributed by atoms with van der Waals surface area (Å²) in [5, 5.41) is 13.4. The summed E-state index contributed by atoms with van der Waals surface area (Å²) in [6, 6.07) is 5.95. The molecule has 7 nitrogen and oxygen atoms in total. The van der Waals surface area contributed by atoms with Crippen molar-refractivity contribution in [2.45, 2.75) is 19.4 Å². The topological polar surface area (TPSA) is 107 Å². The van der Waals surface area contributed by atoms with Gasteiger partial charge >= 0.3 is 5.69 Å². The monoisotopic (exact) mass is 267 g/mol. The highest BCUT2D eigenvalue weighted by atomic mass is 16.6. The number of benzene rings is 1. The van der Waals surface area contributed by atoms with Crippen LogP contribution < -0.4 is 15.8 Å². The Kier molecular flexibility index (Phi) is 5.74. The maximum Gasteiger partial charge on any atom is 0.310 e. The minimum Gasteiger partial charge on any atom is -0.486 e. The van der Waals surface area contributed by atoms with Crippen LogP contribution >= 0.6 is 0 Å². The largest absolute Gasteiger partial charge is 0.486 e. The van der Waals surface area contributed by atoms with Crippen molar-refractivity contribution >= 4 is 11.6 Å². The minimum atomic E-state index is -0.522. The molecule has 0 aromatic heterocycles. The summed E-state index contributed by atoms with van der Waals surface area (Å²) in [6.07, 6.45) is 0.121. The van der Waals surface area contributed by atoms with Crippen molar-refractivity contribution in [1.29, 1.82) is 0 Å². The number of amides is 1. The quantitative estimate of drug-likeness (QED) is 0.562. The number of nitro groups is 1. The van der Waals surface area contributed by atoms with Crippen LogP contribution in [0.1, 0.15) is 13.3 Å². The first-order chi connectivity index (χ1) is 9.04. The summed E-state index contributed by atoms with van der Waals surface area (Å²) >= 11 is 0. The third-order valence-corrected chi connectivity index (χ3v) is 2.41. The van der Waals surface area contributed by atoms with E-state index in [1.165, 1.54) is 12.1 Å². The normalized spacial score (nSPS) is 11.7. The Labute approximate surface area is 110 Å². The molecule has 0 bridgehead atoms. The summed E-state index contributed by atoms with van der Waals surface area (Å²) in [5.74, 6) is -0.0382. The molecule has 0 spiro atoms. The van der Waals surface area contributed by atoms with Gasteiger partial charge in [-0.1, -0.05) is 12.1 Å². The third-order valence-electron chi connectivity index (χ3n) is 2.41. The zero-order valence-corrected chi connectivity index (χ0v) is 10.7. The van der Waals surface area contributed by atoms with Crippen LogP contribution in [0.2, 0.25) is 0 Å². The number of nitrogens with zero attached hydrogens (tertiary/aromatic N) is 1. The molecule has 0 fully saturated rings. The van der Waals surface area contributed by atoms with Gasteiger partial charge in [-0.15, -0.1) is 0 Å². The predicted octanol–water partition coefficient (Wildman–Crippen LogP) is 0.827. The number of carbonyl (C=O) groups is 1. The molecule has 1 aromatic carbocycles. The predicted molar refractivity (Wildman–Crippen MR) is 69.9 cm³/mol. The molecule has 19 heavy (non-hydrogen) atoms. The van der Waals surface area contributed by atoms with E-state index in [9.17, 15) is 14.9 Å². The fourth-order valence-electron chi connectivity index (χ4n) is 1.39. The Morgan fingerprint density at radius 1 is 1.53 bits per heavy atom. The molecular weight excluding hydrogens is 250 g/mol. The van der Waals surface area contributed by atoms with Crippen LogP contribution in [0, 0.1) is 10.1 Å². The second-order valence-electron chi connectivity index (χ2n) is 4.03. The Balaban J connectivity index is 2.45. The van der Waals surface area contributed by atoms with E-state index in [1.807, 2.05) is 0 Å². The highest BCUT2D eigenvalue weighted by molar-refractivity contribution is 5.76. The maximum absolute atomic E-state index is 11.4. The first kappa shape index (κ1) is 14.9. The Morgan fingerprint density at radius 2 is 2.21 bits per heavy atom. The Hall–Kier alpha value is -2.15. The second kappa shape index (κ2) is 7.32. The number of hydrogen-bond acceptors (Lipinski definition) is 5. The molecule has 0 saturated heterocycles. The zero-order chi connectivity index (χ0) is 14.3. The molecule has 0 aliphatic rings. The van der Waals surface area contributed by atoms with Gasteiger partial charge in [0, 0.05) is 18.7 Å². The van der Waals surface area contributed by atoms with Crippen molar-refractivity contribution in [2.24, 2.45) is 5.73 Å². The number of nitrogens with two attached hydrogens (primary N) is 1. The second-order valence-corrected chi connectivity index (χ2v) is 4.03.